The van der Waals surface area contributed by atoms with E-state index in [0.717, 1.165) is 18.4 Å². The maximum absolute atomic E-state index is 15.0. The zero-order valence-corrected chi connectivity index (χ0v) is 21.4. The molecule has 37 heavy (non-hydrogen) atoms. The normalized spacial score (nSPS) is 17.1. The van der Waals surface area contributed by atoms with Gasteiger partial charge < -0.3 is 14.1 Å². The number of sulfonamides is 1. The number of hydrogen-bond acceptors (Lipinski definition) is 7. The smallest absolute Gasteiger partial charge is 0.434 e. The van der Waals surface area contributed by atoms with E-state index in [2.05, 4.69) is 14.9 Å². The van der Waals surface area contributed by atoms with Crippen LogP contribution in [0.15, 0.2) is 44.4 Å². The van der Waals surface area contributed by atoms with E-state index in [1.54, 1.807) is 30.9 Å². The molecule has 3 aromatic rings. The van der Waals surface area contributed by atoms with E-state index in [4.69, 9.17) is 9.15 Å². The highest BCUT2D eigenvalue weighted by atomic mass is 32.2. The van der Waals surface area contributed by atoms with Crippen LogP contribution in [0.1, 0.15) is 54.3 Å². The molecule has 1 saturated carbocycles. The summed E-state index contributed by atoms with van der Waals surface area (Å²) in [7, 11) is -4.33. The number of benzene rings is 2. The quantitative estimate of drug-likeness (QED) is 0.479. The number of carbonyl (C=O) groups excluding carboxylic acids is 1. The molecule has 0 saturated heterocycles. The molecule has 0 unspecified atom stereocenters. The molecular weight excluding hydrogens is 503 g/mol. The highest BCUT2D eigenvalue weighted by Gasteiger charge is 2.39. The summed E-state index contributed by atoms with van der Waals surface area (Å²) < 4.78 is 55.9. The van der Waals surface area contributed by atoms with Crippen LogP contribution < -0.4 is 20.1 Å². The van der Waals surface area contributed by atoms with Crippen molar-refractivity contribution in [3.8, 4) is 5.75 Å². The fourth-order valence-electron chi connectivity index (χ4n) is 4.71. The van der Waals surface area contributed by atoms with Gasteiger partial charge in [0.2, 0.25) is 21.8 Å². The van der Waals surface area contributed by atoms with Gasteiger partial charge in [-0.15, -0.1) is 5.10 Å². The molecule has 10 nitrogen and oxygen atoms in total. The van der Waals surface area contributed by atoms with Crippen LogP contribution >= 0.6 is 0 Å². The Hall–Kier alpha value is -3.51. The molecule has 1 amide bonds. The first kappa shape index (κ1) is 25.2. The van der Waals surface area contributed by atoms with Crippen molar-refractivity contribution in [1.29, 1.82) is 0 Å². The summed E-state index contributed by atoms with van der Waals surface area (Å²) in [6, 6.07) is 6.26. The highest BCUT2D eigenvalue weighted by molar-refractivity contribution is 7.89. The Labute approximate surface area is 212 Å². The lowest BCUT2D eigenvalue weighted by Gasteiger charge is -2.31. The number of halogens is 1. The summed E-state index contributed by atoms with van der Waals surface area (Å²) in [5.74, 6) is -2.49. The van der Waals surface area contributed by atoms with Crippen molar-refractivity contribution in [3.05, 3.63) is 69.3 Å². The SMILES string of the molecule is Cc1ccc(F)c([C@@H](C)[C@H](NS(=O)(=O)c2cccc3c2OCCN3C(=O)C2CC2)c2n[nH]c(=O)o2)c1C. The Morgan fingerprint density at radius 1 is 1.24 bits per heavy atom. The zero-order chi connectivity index (χ0) is 26.5. The number of hydrogen-bond donors (Lipinski definition) is 2. The summed E-state index contributed by atoms with van der Waals surface area (Å²) in [5.41, 5.74) is 2.11. The van der Waals surface area contributed by atoms with Crippen LogP contribution in [-0.2, 0) is 14.8 Å². The van der Waals surface area contributed by atoms with Crippen LogP contribution in [0.5, 0.6) is 5.75 Å². The number of carbonyl (C=O) groups is 1. The van der Waals surface area contributed by atoms with Crippen molar-refractivity contribution in [3.63, 3.8) is 0 Å². The second-order valence-electron chi connectivity index (χ2n) is 9.46. The predicted octanol–water partition coefficient (Wildman–Crippen LogP) is 3.08. The topological polar surface area (TPSA) is 135 Å². The number of nitrogens with zero attached hydrogens (tertiary/aromatic N) is 2. The molecule has 1 aliphatic carbocycles. The number of ether oxygens (including phenoxy) is 1. The summed E-state index contributed by atoms with van der Waals surface area (Å²) >= 11 is 0. The highest BCUT2D eigenvalue weighted by Crippen LogP contribution is 2.42. The number of amides is 1. The van der Waals surface area contributed by atoms with Crippen molar-refractivity contribution >= 4 is 21.6 Å². The van der Waals surface area contributed by atoms with E-state index in [1.165, 1.54) is 18.2 Å². The van der Waals surface area contributed by atoms with Crippen molar-refractivity contribution in [1.82, 2.24) is 14.9 Å². The van der Waals surface area contributed by atoms with Crippen molar-refractivity contribution < 1.29 is 26.8 Å². The third kappa shape index (κ3) is 4.66. The number of H-pyrrole nitrogens is 1. The lowest BCUT2D eigenvalue weighted by atomic mass is 9.88. The van der Waals surface area contributed by atoms with Crippen molar-refractivity contribution in [2.24, 2.45) is 5.92 Å². The molecule has 2 heterocycles. The van der Waals surface area contributed by atoms with Gasteiger partial charge in [-0.25, -0.2) is 22.7 Å². The van der Waals surface area contributed by atoms with E-state index >= 15 is 0 Å². The summed E-state index contributed by atoms with van der Waals surface area (Å²) in [5, 5.41) is 5.97. The molecule has 5 rings (SSSR count). The standard InChI is InChI=1S/C25H27FN4O6S/c1-13-7-10-17(26)20(14(13)2)15(3)21(23-27-28-25(32)36-23)29-37(33,34)19-6-4-5-18-22(19)35-12-11-30(18)24(31)16-8-9-16/h4-7,10,15-16,21,29H,8-9,11-12H2,1-3H3,(H,28,32)/t15-,21+/m1/s1. The Morgan fingerprint density at radius 3 is 2.68 bits per heavy atom. The van der Waals surface area contributed by atoms with Crippen LogP contribution in [0.4, 0.5) is 10.1 Å². The molecule has 2 N–H and O–H groups in total. The van der Waals surface area contributed by atoms with Crippen LogP contribution in [0, 0.1) is 25.6 Å². The van der Waals surface area contributed by atoms with Gasteiger partial charge in [0.15, 0.2) is 5.75 Å². The van der Waals surface area contributed by atoms with E-state index in [1.807, 2.05) is 6.92 Å². The zero-order valence-electron chi connectivity index (χ0n) is 20.6. The minimum Gasteiger partial charge on any atom is -0.488 e. The summed E-state index contributed by atoms with van der Waals surface area (Å²) in [6.45, 7) is 5.65. The molecule has 0 bridgehead atoms. The second kappa shape index (κ2) is 9.42. The molecule has 0 spiro atoms. The predicted molar refractivity (Wildman–Crippen MR) is 131 cm³/mol. The van der Waals surface area contributed by atoms with Gasteiger partial charge in [-0.3, -0.25) is 4.79 Å². The van der Waals surface area contributed by atoms with Gasteiger partial charge in [0.25, 0.3) is 0 Å². The third-order valence-electron chi connectivity index (χ3n) is 6.98. The van der Waals surface area contributed by atoms with Gasteiger partial charge in [-0.2, -0.15) is 4.72 Å². The monoisotopic (exact) mass is 530 g/mol. The van der Waals surface area contributed by atoms with Crippen molar-refractivity contribution in [2.45, 2.75) is 50.5 Å². The number of aryl methyl sites for hydroxylation is 1. The van der Waals surface area contributed by atoms with Gasteiger partial charge in [-0.1, -0.05) is 19.1 Å². The van der Waals surface area contributed by atoms with Gasteiger partial charge in [-0.05, 0) is 61.6 Å². The molecule has 2 atom stereocenters. The maximum Gasteiger partial charge on any atom is 0.434 e. The van der Waals surface area contributed by atoms with E-state index in [0.29, 0.717) is 17.8 Å². The number of aromatic nitrogens is 2. The number of aromatic amines is 1. The first-order valence-corrected chi connectivity index (χ1v) is 13.5. The maximum atomic E-state index is 15.0. The summed E-state index contributed by atoms with van der Waals surface area (Å²) in [4.78, 5) is 25.9. The fourth-order valence-corrected chi connectivity index (χ4v) is 6.15. The molecule has 2 aliphatic rings. The van der Waals surface area contributed by atoms with Gasteiger partial charge in [0.1, 0.15) is 23.4 Å². The van der Waals surface area contributed by atoms with E-state index in [-0.39, 0.29) is 40.5 Å². The number of fused-ring (bicyclic) bond motifs is 1. The molecule has 1 aliphatic heterocycles. The minimum atomic E-state index is -4.33. The first-order valence-electron chi connectivity index (χ1n) is 12.0. The molecule has 0 radical (unpaired) electrons. The van der Waals surface area contributed by atoms with E-state index < -0.39 is 33.6 Å². The lowest BCUT2D eigenvalue weighted by Crippen LogP contribution is -2.40. The molecule has 12 heteroatoms. The van der Waals surface area contributed by atoms with E-state index in [9.17, 15) is 22.4 Å². The van der Waals surface area contributed by atoms with Crippen LogP contribution in [-0.4, -0.2) is 37.7 Å². The Bertz CT molecular complexity index is 1530. The molecular formula is C25H27FN4O6S. The average Bonchev–Trinajstić information content (AvgIpc) is 3.64. The Morgan fingerprint density at radius 2 is 2.00 bits per heavy atom. The van der Waals surface area contributed by atoms with Crippen LogP contribution in [0.3, 0.4) is 0 Å². The van der Waals surface area contributed by atoms with Crippen LogP contribution in [0.2, 0.25) is 0 Å². The summed E-state index contributed by atoms with van der Waals surface area (Å²) in [6.07, 6.45) is 1.63. The number of rotatable bonds is 7. The first-order chi connectivity index (χ1) is 17.6. The molecule has 196 valence electrons. The fraction of sp³-hybridized carbons (Fsp3) is 0.400. The molecule has 1 aromatic heterocycles. The minimum absolute atomic E-state index is 0.0513. The largest absolute Gasteiger partial charge is 0.488 e. The van der Waals surface area contributed by atoms with Crippen LogP contribution in [0.25, 0.3) is 0 Å². The number of nitrogens with one attached hydrogen (secondary N) is 2. The van der Waals surface area contributed by atoms with Gasteiger partial charge in [0, 0.05) is 11.8 Å². The van der Waals surface area contributed by atoms with Crippen molar-refractivity contribution in [2.75, 3.05) is 18.1 Å². The Kier molecular flexibility index (Phi) is 6.40. The molecule has 2 aromatic carbocycles. The lowest BCUT2D eigenvalue weighted by molar-refractivity contribution is -0.120. The van der Waals surface area contributed by atoms with Gasteiger partial charge in [0.05, 0.1) is 12.2 Å². The third-order valence-corrected chi connectivity index (χ3v) is 8.45. The average molecular weight is 531 g/mol. The molecule has 1 fully saturated rings. The number of para-hydroxylation sites is 1. The van der Waals surface area contributed by atoms with Gasteiger partial charge >= 0.3 is 5.76 Å². The Balaban J connectivity index is 1.56. The number of anilines is 1. The second-order valence-corrected chi connectivity index (χ2v) is 11.1.